The van der Waals surface area contributed by atoms with Crippen LogP contribution in [-0.2, 0) is 0 Å². The van der Waals surface area contributed by atoms with Crippen LogP contribution in [0.1, 0.15) is 37.4 Å². The molecule has 0 heterocycles. The van der Waals surface area contributed by atoms with Gasteiger partial charge in [-0.2, -0.15) is 0 Å². The first-order valence-electron chi connectivity index (χ1n) is 6.42. The van der Waals surface area contributed by atoms with E-state index in [4.69, 9.17) is 4.74 Å². The van der Waals surface area contributed by atoms with Gasteiger partial charge in [0.25, 0.3) is 0 Å². The van der Waals surface area contributed by atoms with Crippen molar-refractivity contribution in [2.45, 2.75) is 6.92 Å². The first-order chi connectivity index (χ1) is 10.4. The summed E-state index contributed by atoms with van der Waals surface area (Å²) in [7, 11) is 1.23. The number of benzene rings is 2. The summed E-state index contributed by atoms with van der Waals surface area (Å²) < 4.78 is 4.98. The number of aromatic hydroxyl groups is 3. The fourth-order valence-corrected chi connectivity index (χ4v) is 2.73. The largest absolute Gasteiger partial charge is 0.507 e. The maximum Gasteiger partial charge on any atom is 0.202 e. The van der Waals surface area contributed by atoms with E-state index < -0.39 is 23.1 Å². The lowest BCUT2D eigenvalue weighted by atomic mass is 9.81. The number of carbonyl (C=O) groups is 2. The molecule has 2 aromatic carbocycles. The zero-order valence-corrected chi connectivity index (χ0v) is 11.8. The van der Waals surface area contributed by atoms with E-state index in [0.717, 1.165) is 6.07 Å². The molecule has 3 rings (SSSR count). The van der Waals surface area contributed by atoms with Crippen LogP contribution in [0.25, 0.3) is 0 Å². The molecule has 0 unspecified atom stereocenters. The van der Waals surface area contributed by atoms with Gasteiger partial charge in [-0.3, -0.25) is 9.59 Å². The molecule has 0 aromatic heterocycles. The lowest BCUT2D eigenvalue weighted by Gasteiger charge is -2.22. The SMILES string of the molecule is COc1c(O)cc(O)c2c1C(=O)c1c(O)cc(C)cc1C2=O. The van der Waals surface area contributed by atoms with E-state index in [0.29, 0.717) is 5.56 Å². The van der Waals surface area contributed by atoms with Crippen molar-refractivity contribution in [1.82, 2.24) is 0 Å². The normalized spacial score (nSPS) is 12.8. The molecule has 0 aliphatic heterocycles. The third kappa shape index (κ3) is 1.67. The molecule has 1 aliphatic rings. The van der Waals surface area contributed by atoms with Crippen molar-refractivity contribution in [1.29, 1.82) is 0 Å². The Morgan fingerprint density at radius 1 is 0.818 bits per heavy atom. The lowest BCUT2D eigenvalue weighted by Crippen LogP contribution is -2.22. The fourth-order valence-electron chi connectivity index (χ4n) is 2.73. The second-order valence-corrected chi connectivity index (χ2v) is 5.06. The van der Waals surface area contributed by atoms with E-state index in [1.165, 1.54) is 19.2 Å². The predicted octanol–water partition coefficient (Wildman–Crippen LogP) is 1.90. The molecule has 0 amide bonds. The van der Waals surface area contributed by atoms with Crippen LogP contribution in [0.2, 0.25) is 0 Å². The Morgan fingerprint density at radius 2 is 1.45 bits per heavy atom. The topological polar surface area (TPSA) is 104 Å². The van der Waals surface area contributed by atoms with Crippen molar-refractivity contribution < 1.29 is 29.6 Å². The zero-order valence-electron chi connectivity index (χ0n) is 11.8. The minimum absolute atomic E-state index is 0.0121. The van der Waals surface area contributed by atoms with Gasteiger partial charge in [-0.25, -0.2) is 0 Å². The lowest BCUT2D eigenvalue weighted by molar-refractivity contribution is 0.0971. The molecule has 3 N–H and O–H groups in total. The van der Waals surface area contributed by atoms with Crippen LogP contribution in [0.3, 0.4) is 0 Å². The summed E-state index contributed by atoms with van der Waals surface area (Å²) >= 11 is 0. The number of hydrogen-bond acceptors (Lipinski definition) is 6. The van der Waals surface area contributed by atoms with Crippen LogP contribution in [0.15, 0.2) is 18.2 Å². The highest BCUT2D eigenvalue weighted by Gasteiger charge is 2.38. The monoisotopic (exact) mass is 300 g/mol. The molecule has 0 atom stereocenters. The van der Waals surface area contributed by atoms with E-state index in [2.05, 4.69) is 0 Å². The average Bonchev–Trinajstić information content (AvgIpc) is 2.43. The van der Waals surface area contributed by atoms with E-state index >= 15 is 0 Å². The van der Waals surface area contributed by atoms with E-state index in [1.54, 1.807) is 6.92 Å². The van der Waals surface area contributed by atoms with Crippen molar-refractivity contribution in [3.05, 3.63) is 46.0 Å². The molecule has 6 heteroatoms. The van der Waals surface area contributed by atoms with E-state index in [9.17, 15) is 24.9 Å². The number of phenolic OH excluding ortho intramolecular Hbond substituents is 3. The van der Waals surface area contributed by atoms with Crippen LogP contribution < -0.4 is 4.74 Å². The Kier molecular flexibility index (Phi) is 2.84. The Bertz CT molecular complexity index is 850. The fraction of sp³-hybridized carbons (Fsp3) is 0.125. The van der Waals surface area contributed by atoms with Crippen LogP contribution in [0.5, 0.6) is 23.0 Å². The number of carbonyl (C=O) groups excluding carboxylic acids is 2. The quantitative estimate of drug-likeness (QED) is 0.634. The Labute approximate surface area is 125 Å². The van der Waals surface area contributed by atoms with E-state index in [-0.39, 0.29) is 33.8 Å². The van der Waals surface area contributed by atoms with Gasteiger partial charge in [0.15, 0.2) is 17.3 Å². The van der Waals surface area contributed by atoms with Gasteiger partial charge in [0.1, 0.15) is 11.5 Å². The maximum atomic E-state index is 12.7. The summed E-state index contributed by atoms with van der Waals surface area (Å²) in [6.45, 7) is 1.67. The molecule has 0 saturated heterocycles. The molecule has 0 radical (unpaired) electrons. The molecule has 22 heavy (non-hydrogen) atoms. The number of rotatable bonds is 1. The highest BCUT2D eigenvalue weighted by atomic mass is 16.5. The third-order valence-corrected chi connectivity index (χ3v) is 3.63. The summed E-state index contributed by atoms with van der Waals surface area (Å²) in [5.74, 6) is -2.82. The second-order valence-electron chi connectivity index (χ2n) is 5.06. The highest BCUT2D eigenvalue weighted by Crippen LogP contribution is 2.45. The van der Waals surface area contributed by atoms with Crippen LogP contribution in [0.4, 0.5) is 0 Å². The summed E-state index contributed by atoms with van der Waals surface area (Å²) in [4.78, 5) is 25.3. The van der Waals surface area contributed by atoms with E-state index in [1.807, 2.05) is 0 Å². The van der Waals surface area contributed by atoms with Crippen molar-refractivity contribution >= 4 is 11.6 Å². The number of ether oxygens (including phenoxy) is 1. The van der Waals surface area contributed by atoms with Crippen molar-refractivity contribution in [3.63, 3.8) is 0 Å². The summed E-state index contributed by atoms with van der Waals surface area (Å²) in [6.07, 6.45) is 0. The van der Waals surface area contributed by atoms with Crippen LogP contribution >= 0.6 is 0 Å². The van der Waals surface area contributed by atoms with Crippen molar-refractivity contribution in [2.24, 2.45) is 0 Å². The van der Waals surface area contributed by atoms with Gasteiger partial charge in [-0.15, -0.1) is 0 Å². The second kappa shape index (κ2) is 4.49. The molecule has 0 fully saturated rings. The van der Waals surface area contributed by atoms with Gasteiger partial charge in [-0.1, -0.05) is 0 Å². The zero-order chi connectivity index (χ0) is 16.2. The Balaban J connectivity index is 2.44. The summed E-state index contributed by atoms with van der Waals surface area (Å²) in [6, 6.07) is 3.78. The molecule has 0 saturated carbocycles. The molecular weight excluding hydrogens is 288 g/mol. The van der Waals surface area contributed by atoms with Crippen molar-refractivity contribution in [2.75, 3.05) is 7.11 Å². The Morgan fingerprint density at radius 3 is 2.09 bits per heavy atom. The first-order valence-corrected chi connectivity index (χ1v) is 6.42. The average molecular weight is 300 g/mol. The minimum atomic E-state index is -0.690. The number of fused-ring (bicyclic) bond motifs is 2. The van der Waals surface area contributed by atoms with Gasteiger partial charge >= 0.3 is 0 Å². The minimum Gasteiger partial charge on any atom is -0.507 e. The molecule has 0 bridgehead atoms. The smallest absolute Gasteiger partial charge is 0.202 e. The summed E-state index contributed by atoms with van der Waals surface area (Å²) in [5, 5.41) is 29.8. The van der Waals surface area contributed by atoms with Gasteiger partial charge in [0.2, 0.25) is 5.78 Å². The maximum absolute atomic E-state index is 12.7. The Hall–Kier alpha value is -3.02. The number of aryl methyl sites for hydroxylation is 1. The molecule has 2 aromatic rings. The standard InChI is InChI=1S/C16H12O6/c1-6-3-7-11(8(17)4-6)15(21)13-12(14(7)20)9(18)5-10(19)16(13)22-2/h3-5,17-19H,1-2H3. The number of methoxy groups -OCH3 is 1. The van der Waals surface area contributed by atoms with Gasteiger partial charge in [0, 0.05) is 11.6 Å². The van der Waals surface area contributed by atoms with Gasteiger partial charge in [0.05, 0.1) is 23.8 Å². The van der Waals surface area contributed by atoms with Crippen molar-refractivity contribution in [3.8, 4) is 23.0 Å². The number of phenols is 3. The third-order valence-electron chi connectivity index (χ3n) is 3.63. The van der Waals surface area contributed by atoms with Gasteiger partial charge in [-0.05, 0) is 24.6 Å². The molecular formula is C16H12O6. The predicted molar refractivity (Wildman–Crippen MR) is 76.0 cm³/mol. The molecule has 6 nitrogen and oxygen atoms in total. The van der Waals surface area contributed by atoms with Crippen LogP contribution in [-0.4, -0.2) is 34.0 Å². The molecule has 1 aliphatic carbocycles. The number of ketones is 2. The number of hydrogen-bond donors (Lipinski definition) is 3. The molecule has 0 spiro atoms. The molecule has 112 valence electrons. The highest BCUT2D eigenvalue weighted by molar-refractivity contribution is 6.31. The first kappa shape index (κ1) is 13.9. The summed E-state index contributed by atoms with van der Waals surface area (Å²) in [5.41, 5.74) is -0.0377. The van der Waals surface area contributed by atoms with Crippen LogP contribution in [0, 0.1) is 6.92 Å². The van der Waals surface area contributed by atoms with Gasteiger partial charge < -0.3 is 20.1 Å².